The predicted molar refractivity (Wildman–Crippen MR) is 69.1 cm³/mol. The van der Waals surface area contributed by atoms with E-state index in [-0.39, 0.29) is 17.9 Å². The van der Waals surface area contributed by atoms with Gasteiger partial charge in [0.1, 0.15) is 0 Å². The molecule has 1 rings (SSSR count). The van der Waals surface area contributed by atoms with Crippen LogP contribution in [0.2, 0.25) is 0 Å². The number of nitrogens with two attached hydrogens (primary N) is 1. The molecule has 0 radical (unpaired) electrons. The number of nitrogens with one attached hydrogen (secondary N) is 2. The second kappa shape index (κ2) is 5.69. The molecule has 0 amide bonds. The fourth-order valence-corrected chi connectivity index (χ4v) is 1.89. The molecular formula is C10H15N3O4S. The van der Waals surface area contributed by atoms with Crippen LogP contribution >= 0.6 is 0 Å². The van der Waals surface area contributed by atoms with Crippen LogP contribution in [0.15, 0.2) is 18.2 Å². The molecule has 0 aliphatic carbocycles. The molecule has 0 aromatic heterocycles. The Hall–Kier alpha value is -1.80. The lowest BCUT2D eigenvalue weighted by Gasteiger charge is -2.10. The van der Waals surface area contributed by atoms with Crippen LogP contribution in [0.1, 0.15) is 10.4 Å². The number of aromatic carboxylic acids is 1. The second-order valence-corrected chi connectivity index (χ2v) is 5.61. The molecule has 8 heteroatoms. The molecule has 0 saturated heterocycles. The van der Waals surface area contributed by atoms with Crippen LogP contribution < -0.4 is 15.8 Å². The zero-order valence-electron chi connectivity index (χ0n) is 9.80. The SMILES string of the molecule is CNS(=O)(=O)CCNc1ccc(N)cc1C(=O)O. The van der Waals surface area contributed by atoms with E-state index in [0.717, 1.165) is 0 Å². The van der Waals surface area contributed by atoms with Crippen molar-refractivity contribution >= 4 is 27.4 Å². The lowest BCUT2D eigenvalue weighted by molar-refractivity contribution is 0.0698. The number of anilines is 2. The number of carbonyl (C=O) groups is 1. The van der Waals surface area contributed by atoms with E-state index >= 15 is 0 Å². The summed E-state index contributed by atoms with van der Waals surface area (Å²) in [5.41, 5.74) is 6.17. The number of benzene rings is 1. The number of rotatable bonds is 6. The van der Waals surface area contributed by atoms with Gasteiger partial charge in [0.25, 0.3) is 0 Å². The smallest absolute Gasteiger partial charge is 0.337 e. The van der Waals surface area contributed by atoms with Crippen molar-refractivity contribution in [2.24, 2.45) is 0 Å². The van der Waals surface area contributed by atoms with Crippen molar-refractivity contribution in [3.05, 3.63) is 23.8 Å². The molecule has 0 spiro atoms. The van der Waals surface area contributed by atoms with Gasteiger partial charge < -0.3 is 16.2 Å². The van der Waals surface area contributed by atoms with Crippen LogP contribution in [0.4, 0.5) is 11.4 Å². The third-order valence-corrected chi connectivity index (χ3v) is 3.63. The maximum Gasteiger partial charge on any atom is 0.337 e. The van der Waals surface area contributed by atoms with Crippen LogP contribution in [0.25, 0.3) is 0 Å². The topological polar surface area (TPSA) is 122 Å². The van der Waals surface area contributed by atoms with Gasteiger partial charge in [-0.15, -0.1) is 0 Å². The monoisotopic (exact) mass is 273 g/mol. The fraction of sp³-hybridized carbons (Fsp3) is 0.300. The average molecular weight is 273 g/mol. The molecule has 0 saturated carbocycles. The van der Waals surface area contributed by atoms with Gasteiger partial charge in [-0.2, -0.15) is 0 Å². The molecule has 1 aromatic rings. The molecule has 18 heavy (non-hydrogen) atoms. The highest BCUT2D eigenvalue weighted by atomic mass is 32.2. The summed E-state index contributed by atoms with van der Waals surface area (Å²) in [4.78, 5) is 11.0. The Bertz CT molecular complexity index is 542. The van der Waals surface area contributed by atoms with Gasteiger partial charge in [0, 0.05) is 17.9 Å². The zero-order valence-corrected chi connectivity index (χ0v) is 10.6. The van der Waals surface area contributed by atoms with E-state index in [1.165, 1.54) is 19.2 Å². The highest BCUT2D eigenvalue weighted by Gasteiger charge is 2.11. The maximum atomic E-state index is 11.2. The summed E-state index contributed by atoms with van der Waals surface area (Å²) in [6.45, 7) is 0.105. The molecule has 0 atom stereocenters. The van der Waals surface area contributed by atoms with Gasteiger partial charge in [0.2, 0.25) is 10.0 Å². The molecule has 0 aliphatic heterocycles. The largest absolute Gasteiger partial charge is 0.478 e. The number of nitrogen functional groups attached to an aromatic ring is 1. The van der Waals surface area contributed by atoms with E-state index in [4.69, 9.17) is 10.8 Å². The summed E-state index contributed by atoms with van der Waals surface area (Å²) in [6.07, 6.45) is 0. The molecule has 0 fully saturated rings. The van der Waals surface area contributed by atoms with E-state index in [2.05, 4.69) is 10.0 Å². The quantitative estimate of drug-likeness (QED) is 0.538. The molecule has 0 unspecified atom stereocenters. The van der Waals surface area contributed by atoms with Crippen molar-refractivity contribution < 1.29 is 18.3 Å². The van der Waals surface area contributed by atoms with Gasteiger partial charge in [-0.3, -0.25) is 0 Å². The highest BCUT2D eigenvalue weighted by Crippen LogP contribution is 2.18. The number of sulfonamides is 1. The van der Waals surface area contributed by atoms with Crippen LogP contribution in [-0.2, 0) is 10.0 Å². The van der Waals surface area contributed by atoms with Crippen LogP contribution in [0.3, 0.4) is 0 Å². The normalized spacial score (nSPS) is 11.2. The third-order valence-electron chi connectivity index (χ3n) is 2.27. The molecule has 7 nitrogen and oxygen atoms in total. The van der Waals surface area contributed by atoms with Crippen molar-refractivity contribution in [1.82, 2.24) is 4.72 Å². The Labute approximate surface area is 105 Å². The van der Waals surface area contributed by atoms with E-state index in [9.17, 15) is 13.2 Å². The maximum absolute atomic E-state index is 11.2. The minimum absolute atomic E-state index is 0.0110. The van der Waals surface area contributed by atoms with E-state index in [1.54, 1.807) is 6.07 Å². The summed E-state index contributed by atoms with van der Waals surface area (Å²) in [6, 6.07) is 4.36. The Balaban J connectivity index is 2.77. The number of carboxylic acids is 1. The fourth-order valence-electron chi connectivity index (χ4n) is 1.32. The van der Waals surface area contributed by atoms with Crippen molar-refractivity contribution in [1.29, 1.82) is 0 Å². The molecule has 0 heterocycles. The third kappa shape index (κ3) is 3.90. The second-order valence-electron chi connectivity index (χ2n) is 3.56. The predicted octanol–water partition coefficient (Wildman–Crippen LogP) is -0.0719. The molecule has 0 bridgehead atoms. The first-order chi connectivity index (χ1) is 8.35. The van der Waals surface area contributed by atoms with Gasteiger partial charge in [-0.1, -0.05) is 0 Å². The van der Waals surface area contributed by atoms with Gasteiger partial charge in [-0.05, 0) is 25.2 Å². The first-order valence-electron chi connectivity index (χ1n) is 5.13. The lowest BCUT2D eigenvalue weighted by atomic mass is 10.1. The molecule has 100 valence electrons. The van der Waals surface area contributed by atoms with Crippen LogP contribution in [0, 0.1) is 0 Å². The van der Waals surface area contributed by atoms with E-state index in [0.29, 0.717) is 11.4 Å². The summed E-state index contributed by atoms with van der Waals surface area (Å²) < 4.78 is 24.5. The Morgan fingerprint density at radius 3 is 2.67 bits per heavy atom. The van der Waals surface area contributed by atoms with Gasteiger partial charge in [-0.25, -0.2) is 17.9 Å². The minimum atomic E-state index is -3.32. The Morgan fingerprint density at radius 1 is 1.44 bits per heavy atom. The minimum Gasteiger partial charge on any atom is -0.478 e. The van der Waals surface area contributed by atoms with E-state index in [1.807, 2.05) is 0 Å². The number of hydrogen-bond donors (Lipinski definition) is 4. The highest BCUT2D eigenvalue weighted by molar-refractivity contribution is 7.89. The number of carboxylic acid groups (broad SMARTS) is 1. The molecule has 5 N–H and O–H groups in total. The Kier molecular flexibility index (Phi) is 4.51. The van der Waals surface area contributed by atoms with Crippen LogP contribution in [-0.4, -0.2) is 38.8 Å². The first kappa shape index (κ1) is 14.3. The number of hydrogen-bond acceptors (Lipinski definition) is 5. The summed E-state index contributed by atoms with van der Waals surface area (Å²) in [7, 11) is -1.99. The van der Waals surface area contributed by atoms with Crippen molar-refractivity contribution in [3.63, 3.8) is 0 Å². The van der Waals surface area contributed by atoms with E-state index < -0.39 is 16.0 Å². The van der Waals surface area contributed by atoms with Crippen LogP contribution in [0.5, 0.6) is 0 Å². The van der Waals surface area contributed by atoms with Crippen molar-refractivity contribution in [2.75, 3.05) is 30.4 Å². The first-order valence-corrected chi connectivity index (χ1v) is 6.79. The van der Waals surface area contributed by atoms with Gasteiger partial charge in [0.15, 0.2) is 0 Å². The standard InChI is InChI=1S/C10H15N3O4S/c1-12-18(16,17)5-4-13-9-3-2-7(11)6-8(9)10(14)15/h2-3,6,12-13H,4-5,11H2,1H3,(H,14,15). The van der Waals surface area contributed by atoms with Crippen molar-refractivity contribution in [2.45, 2.75) is 0 Å². The summed E-state index contributed by atoms with van der Waals surface area (Å²) in [5.74, 6) is -1.27. The van der Waals surface area contributed by atoms with Gasteiger partial charge >= 0.3 is 5.97 Å². The summed E-state index contributed by atoms with van der Waals surface area (Å²) >= 11 is 0. The summed E-state index contributed by atoms with van der Waals surface area (Å²) in [5, 5.41) is 11.7. The Morgan fingerprint density at radius 2 is 2.11 bits per heavy atom. The van der Waals surface area contributed by atoms with Gasteiger partial charge in [0.05, 0.1) is 11.3 Å². The lowest BCUT2D eigenvalue weighted by Crippen LogP contribution is -2.26. The van der Waals surface area contributed by atoms with Crippen molar-refractivity contribution in [3.8, 4) is 0 Å². The molecule has 1 aromatic carbocycles. The average Bonchev–Trinajstić information content (AvgIpc) is 2.30. The molecular weight excluding hydrogens is 258 g/mol. The molecule has 0 aliphatic rings. The zero-order chi connectivity index (χ0) is 13.8.